The summed E-state index contributed by atoms with van der Waals surface area (Å²) in [7, 11) is 0. The molecule has 0 atom stereocenters. The summed E-state index contributed by atoms with van der Waals surface area (Å²) in [5.74, 6) is 0.0602. The van der Waals surface area contributed by atoms with Gasteiger partial charge in [0.1, 0.15) is 0 Å². The highest BCUT2D eigenvalue weighted by molar-refractivity contribution is 7.80. The molecule has 1 fully saturated rings. The van der Waals surface area contributed by atoms with Gasteiger partial charge in [-0.15, -0.1) is 0 Å². The first kappa shape index (κ1) is 4.71. The van der Waals surface area contributed by atoms with E-state index in [9.17, 15) is 4.79 Å². The maximum atomic E-state index is 10.3. The van der Waals surface area contributed by atoms with E-state index in [1.54, 1.807) is 0 Å². The summed E-state index contributed by atoms with van der Waals surface area (Å²) >= 11 is 4.71. The lowest BCUT2D eigenvalue weighted by Gasteiger charge is -1.79. The van der Waals surface area contributed by atoms with Crippen molar-refractivity contribution >= 4 is 23.0 Å². The topological polar surface area (TPSA) is 29.1 Å². The largest absolute Gasteiger partial charge is 0.351 e. The molecule has 38 valence electrons. The van der Waals surface area contributed by atoms with Crippen LogP contribution >= 0.6 is 12.2 Å². The van der Waals surface area contributed by atoms with Crippen LogP contribution in [0.2, 0.25) is 0 Å². The van der Waals surface area contributed by atoms with Crippen molar-refractivity contribution in [2.45, 2.75) is 6.42 Å². The SMILES string of the molecule is O=C1CC(=S)CN1. The Morgan fingerprint density at radius 1 is 1.71 bits per heavy atom. The molecule has 1 N–H and O–H groups in total. The van der Waals surface area contributed by atoms with Crippen molar-refractivity contribution in [1.82, 2.24) is 5.32 Å². The monoisotopic (exact) mass is 115 g/mol. The summed E-state index contributed by atoms with van der Waals surface area (Å²) < 4.78 is 0. The number of carbonyl (C=O) groups excluding carboxylic acids is 1. The zero-order valence-corrected chi connectivity index (χ0v) is 4.55. The standard InChI is InChI=1S/C4H5NOS/c6-4-1-3(7)2-5-4/h1-2H2,(H,5,6). The Hall–Kier alpha value is -0.440. The van der Waals surface area contributed by atoms with Gasteiger partial charge in [0.2, 0.25) is 5.91 Å². The first-order valence-electron chi connectivity index (χ1n) is 2.07. The summed E-state index contributed by atoms with van der Waals surface area (Å²) in [5.41, 5.74) is 0. The van der Waals surface area contributed by atoms with E-state index in [1.165, 1.54) is 0 Å². The van der Waals surface area contributed by atoms with Crippen LogP contribution in [0.15, 0.2) is 0 Å². The second-order valence-corrected chi connectivity index (χ2v) is 2.07. The molecule has 0 aliphatic carbocycles. The van der Waals surface area contributed by atoms with Gasteiger partial charge in [-0.3, -0.25) is 4.79 Å². The third-order valence-electron chi connectivity index (χ3n) is 0.840. The molecule has 1 rings (SSSR count). The van der Waals surface area contributed by atoms with Gasteiger partial charge in [0.25, 0.3) is 0 Å². The number of hydrogen-bond acceptors (Lipinski definition) is 2. The molecule has 3 heteroatoms. The fourth-order valence-electron chi connectivity index (χ4n) is 0.501. The minimum atomic E-state index is 0.0602. The van der Waals surface area contributed by atoms with Crippen LogP contribution in [0.5, 0.6) is 0 Å². The van der Waals surface area contributed by atoms with E-state index in [0.717, 1.165) is 4.86 Å². The van der Waals surface area contributed by atoms with Gasteiger partial charge >= 0.3 is 0 Å². The van der Waals surface area contributed by atoms with Crippen molar-refractivity contribution in [3.8, 4) is 0 Å². The number of hydrogen-bond donors (Lipinski definition) is 1. The van der Waals surface area contributed by atoms with Gasteiger partial charge in [-0.2, -0.15) is 0 Å². The lowest BCUT2D eigenvalue weighted by atomic mass is 10.4. The number of thiocarbonyl (C=S) groups is 1. The summed E-state index contributed by atoms with van der Waals surface area (Å²) in [6.45, 7) is 0.605. The van der Waals surface area contributed by atoms with E-state index in [4.69, 9.17) is 12.2 Å². The zero-order chi connectivity index (χ0) is 5.28. The lowest BCUT2D eigenvalue weighted by molar-refractivity contribution is -0.118. The Bertz CT molecular complexity index is 107. The van der Waals surface area contributed by atoms with E-state index in [0.29, 0.717) is 13.0 Å². The molecule has 0 radical (unpaired) electrons. The summed E-state index contributed by atoms with van der Waals surface area (Å²) in [6, 6.07) is 0. The molecule has 1 amide bonds. The van der Waals surface area contributed by atoms with Crippen molar-refractivity contribution in [2.75, 3.05) is 6.54 Å². The van der Waals surface area contributed by atoms with Gasteiger partial charge in [-0.25, -0.2) is 0 Å². The molecule has 1 aliphatic rings. The molecule has 7 heavy (non-hydrogen) atoms. The smallest absolute Gasteiger partial charge is 0.225 e. The van der Waals surface area contributed by atoms with Crippen LogP contribution in [-0.4, -0.2) is 17.3 Å². The van der Waals surface area contributed by atoms with E-state index < -0.39 is 0 Å². The van der Waals surface area contributed by atoms with Crippen LogP contribution in [-0.2, 0) is 4.79 Å². The third kappa shape index (κ3) is 0.962. The summed E-state index contributed by atoms with van der Waals surface area (Å²) in [6.07, 6.45) is 0.454. The minimum Gasteiger partial charge on any atom is -0.351 e. The fourth-order valence-corrected chi connectivity index (χ4v) is 0.705. The van der Waals surface area contributed by atoms with Crippen molar-refractivity contribution in [1.29, 1.82) is 0 Å². The molecule has 0 aromatic heterocycles. The first-order valence-corrected chi connectivity index (χ1v) is 2.48. The Kier molecular flexibility index (Phi) is 1.06. The highest BCUT2D eigenvalue weighted by Gasteiger charge is 2.12. The molecular weight excluding hydrogens is 110 g/mol. The third-order valence-corrected chi connectivity index (χ3v) is 1.13. The molecule has 2 nitrogen and oxygen atoms in total. The number of carbonyl (C=O) groups is 1. The molecule has 0 aromatic rings. The molecule has 0 bridgehead atoms. The number of rotatable bonds is 0. The quantitative estimate of drug-likeness (QED) is 0.446. The van der Waals surface area contributed by atoms with Crippen molar-refractivity contribution in [3.63, 3.8) is 0 Å². The highest BCUT2D eigenvalue weighted by atomic mass is 32.1. The van der Waals surface area contributed by atoms with Gasteiger partial charge in [-0.05, 0) is 0 Å². The van der Waals surface area contributed by atoms with Crippen molar-refractivity contribution < 1.29 is 4.79 Å². The van der Waals surface area contributed by atoms with Crippen LogP contribution in [0.25, 0.3) is 0 Å². The maximum absolute atomic E-state index is 10.3. The maximum Gasteiger partial charge on any atom is 0.225 e. The Labute approximate surface area is 46.9 Å². The van der Waals surface area contributed by atoms with Gasteiger partial charge in [0.05, 0.1) is 6.42 Å². The van der Waals surface area contributed by atoms with Crippen LogP contribution in [0.4, 0.5) is 0 Å². The highest BCUT2D eigenvalue weighted by Crippen LogP contribution is 1.92. The van der Waals surface area contributed by atoms with Gasteiger partial charge in [0.15, 0.2) is 0 Å². The van der Waals surface area contributed by atoms with Gasteiger partial charge < -0.3 is 5.32 Å². The summed E-state index contributed by atoms with van der Waals surface area (Å²) in [4.78, 5) is 11.1. The Balaban J connectivity index is 2.55. The van der Waals surface area contributed by atoms with Crippen LogP contribution in [0, 0.1) is 0 Å². The summed E-state index contributed by atoms with van der Waals surface area (Å²) in [5, 5.41) is 2.59. The van der Waals surface area contributed by atoms with Gasteiger partial charge in [-0.1, -0.05) is 12.2 Å². The average molecular weight is 115 g/mol. The Morgan fingerprint density at radius 2 is 2.43 bits per heavy atom. The van der Waals surface area contributed by atoms with Crippen LogP contribution < -0.4 is 5.32 Å². The normalized spacial score (nSPS) is 20.0. The molecule has 0 saturated carbocycles. The predicted octanol–water partition coefficient (Wildman–Crippen LogP) is -0.124. The second-order valence-electron chi connectivity index (χ2n) is 1.49. The molecular formula is C4H5NOS. The predicted molar refractivity (Wildman–Crippen MR) is 30.2 cm³/mol. The van der Waals surface area contributed by atoms with Gasteiger partial charge in [0, 0.05) is 11.4 Å². The minimum absolute atomic E-state index is 0.0602. The van der Waals surface area contributed by atoms with E-state index in [1.807, 2.05) is 0 Å². The van der Waals surface area contributed by atoms with E-state index in [-0.39, 0.29) is 5.91 Å². The average Bonchev–Trinajstić information content (AvgIpc) is 1.87. The molecule has 1 heterocycles. The molecule has 1 aliphatic heterocycles. The number of nitrogens with one attached hydrogen (secondary N) is 1. The first-order chi connectivity index (χ1) is 3.29. The van der Waals surface area contributed by atoms with E-state index in [2.05, 4.69) is 5.32 Å². The second kappa shape index (κ2) is 1.58. The molecule has 0 spiro atoms. The zero-order valence-electron chi connectivity index (χ0n) is 3.73. The van der Waals surface area contributed by atoms with Crippen molar-refractivity contribution in [3.05, 3.63) is 0 Å². The lowest BCUT2D eigenvalue weighted by Crippen LogP contribution is -2.13. The Morgan fingerprint density at radius 3 is 2.57 bits per heavy atom. The van der Waals surface area contributed by atoms with E-state index >= 15 is 0 Å². The number of amides is 1. The molecule has 0 unspecified atom stereocenters. The molecule has 1 saturated heterocycles. The van der Waals surface area contributed by atoms with Crippen LogP contribution in [0.3, 0.4) is 0 Å². The van der Waals surface area contributed by atoms with Crippen molar-refractivity contribution in [2.24, 2.45) is 0 Å². The fraction of sp³-hybridized carbons (Fsp3) is 0.500. The van der Waals surface area contributed by atoms with Crippen LogP contribution in [0.1, 0.15) is 6.42 Å². The molecule has 0 aromatic carbocycles.